The topological polar surface area (TPSA) is 62.8 Å². The number of hydrogen-bond donors (Lipinski definition) is 2. The second kappa shape index (κ2) is 5.69. The van der Waals surface area contributed by atoms with Gasteiger partial charge in [0.25, 0.3) is 0 Å². The second-order valence-electron chi connectivity index (χ2n) is 3.40. The summed E-state index contributed by atoms with van der Waals surface area (Å²) in [6.07, 6.45) is 3.18. The van der Waals surface area contributed by atoms with E-state index in [1.54, 1.807) is 6.08 Å². The maximum Gasteiger partial charge on any atom is 0.218 e. The molecule has 0 aliphatic rings. The predicted octanol–water partition coefficient (Wildman–Crippen LogP) is 1.98. The molecule has 2 N–H and O–H groups in total. The minimum atomic E-state index is 0.499. The molecule has 1 heterocycles. The van der Waals surface area contributed by atoms with Crippen molar-refractivity contribution in [3.63, 3.8) is 0 Å². The van der Waals surface area contributed by atoms with Crippen LogP contribution < -0.4 is 10.1 Å². The van der Waals surface area contributed by atoms with Crippen LogP contribution in [0.3, 0.4) is 0 Å². The highest BCUT2D eigenvalue weighted by Crippen LogP contribution is 2.18. The number of nitrogens with zero attached hydrogens (tertiary/aromatic N) is 2. The molecule has 1 aromatic carbocycles. The Labute approximate surface area is 99.5 Å². The molecule has 0 saturated heterocycles. The summed E-state index contributed by atoms with van der Waals surface area (Å²) in [6, 6.07) is 7.84. The number of aromatic amines is 1. The van der Waals surface area contributed by atoms with Gasteiger partial charge in [-0.05, 0) is 6.07 Å². The van der Waals surface area contributed by atoms with E-state index in [0.717, 1.165) is 11.3 Å². The van der Waals surface area contributed by atoms with Crippen LogP contribution in [0.25, 0.3) is 0 Å². The van der Waals surface area contributed by atoms with E-state index in [1.807, 2.05) is 24.3 Å². The lowest BCUT2D eigenvalue weighted by Gasteiger charge is -2.10. The van der Waals surface area contributed by atoms with Crippen LogP contribution in [0.2, 0.25) is 0 Å². The fraction of sp³-hybridized carbons (Fsp3) is 0.167. The number of anilines is 1. The van der Waals surface area contributed by atoms with Gasteiger partial charge < -0.3 is 10.1 Å². The Hall–Kier alpha value is -2.30. The smallest absolute Gasteiger partial charge is 0.218 e. The largest absolute Gasteiger partial charge is 0.489 e. The number of aromatic nitrogens is 3. The van der Waals surface area contributed by atoms with Gasteiger partial charge in [-0.2, -0.15) is 5.10 Å². The van der Waals surface area contributed by atoms with E-state index in [9.17, 15) is 0 Å². The molecule has 0 bridgehead atoms. The Bertz CT molecular complexity index is 467. The highest BCUT2D eigenvalue weighted by atomic mass is 16.5. The van der Waals surface area contributed by atoms with Crippen molar-refractivity contribution in [2.75, 3.05) is 11.9 Å². The first-order chi connectivity index (χ1) is 8.40. The Morgan fingerprint density at radius 2 is 2.29 bits per heavy atom. The highest BCUT2D eigenvalue weighted by molar-refractivity contribution is 5.36. The van der Waals surface area contributed by atoms with Crippen LogP contribution in [0.1, 0.15) is 5.56 Å². The molecule has 0 aliphatic heterocycles. The zero-order chi connectivity index (χ0) is 11.9. The third-order valence-corrected chi connectivity index (χ3v) is 2.19. The molecule has 17 heavy (non-hydrogen) atoms. The quantitative estimate of drug-likeness (QED) is 0.745. The monoisotopic (exact) mass is 230 g/mol. The van der Waals surface area contributed by atoms with Gasteiger partial charge in [-0.1, -0.05) is 30.9 Å². The van der Waals surface area contributed by atoms with Crippen LogP contribution in [0.4, 0.5) is 5.95 Å². The summed E-state index contributed by atoms with van der Waals surface area (Å²) < 4.78 is 5.55. The summed E-state index contributed by atoms with van der Waals surface area (Å²) in [5.41, 5.74) is 1.06. The van der Waals surface area contributed by atoms with E-state index in [4.69, 9.17) is 4.74 Å². The molecule has 5 heteroatoms. The number of H-pyrrole nitrogens is 1. The van der Waals surface area contributed by atoms with Crippen LogP contribution in [-0.4, -0.2) is 21.8 Å². The van der Waals surface area contributed by atoms with Gasteiger partial charge in [-0.3, -0.25) is 0 Å². The van der Waals surface area contributed by atoms with Gasteiger partial charge in [-0.15, -0.1) is 0 Å². The fourth-order valence-electron chi connectivity index (χ4n) is 1.41. The lowest BCUT2D eigenvalue weighted by atomic mass is 10.2. The van der Waals surface area contributed by atoms with E-state index >= 15 is 0 Å². The zero-order valence-corrected chi connectivity index (χ0v) is 9.39. The summed E-state index contributed by atoms with van der Waals surface area (Å²) in [5.74, 6) is 1.49. The van der Waals surface area contributed by atoms with Crippen molar-refractivity contribution in [3.8, 4) is 5.75 Å². The van der Waals surface area contributed by atoms with Gasteiger partial charge in [0.05, 0.1) is 0 Å². The van der Waals surface area contributed by atoms with Crippen molar-refractivity contribution < 1.29 is 4.74 Å². The minimum Gasteiger partial charge on any atom is -0.489 e. The normalized spacial score (nSPS) is 9.88. The first kappa shape index (κ1) is 11.2. The Morgan fingerprint density at radius 3 is 3.06 bits per heavy atom. The molecule has 0 unspecified atom stereocenters. The first-order valence-corrected chi connectivity index (χ1v) is 5.31. The number of rotatable bonds is 6. The first-order valence-electron chi connectivity index (χ1n) is 5.31. The van der Waals surface area contributed by atoms with E-state index in [-0.39, 0.29) is 0 Å². The van der Waals surface area contributed by atoms with E-state index < -0.39 is 0 Å². The molecule has 5 nitrogen and oxygen atoms in total. The average molecular weight is 230 g/mol. The molecule has 1 aromatic heterocycles. The number of benzene rings is 1. The molecule has 0 spiro atoms. The molecule has 0 aliphatic carbocycles. The van der Waals surface area contributed by atoms with Crippen molar-refractivity contribution >= 4 is 5.95 Å². The van der Waals surface area contributed by atoms with Crippen molar-refractivity contribution in [3.05, 3.63) is 48.8 Å². The Balaban J connectivity index is 2.01. The third-order valence-electron chi connectivity index (χ3n) is 2.19. The van der Waals surface area contributed by atoms with Gasteiger partial charge in [0.15, 0.2) is 0 Å². The van der Waals surface area contributed by atoms with Crippen LogP contribution in [0, 0.1) is 0 Å². The molecule has 2 rings (SSSR count). The maximum atomic E-state index is 5.55. The van der Waals surface area contributed by atoms with Crippen molar-refractivity contribution in [2.45, 2.75) is 6.54 Å². The number of nitrogens with one attached hydrogen (secondary N) is 2. The molecular formula is C12H14N4O. The van der Waals surface area contributed by atoms with Gasteiger partial charge in [0, 0.05) is 12.1 Å². The summed E-state index contributed by atoms with van der Waals surface area (Å²) in [5, 5.41) is 9.63. The Morgan fingerprint density at radius 1 is 1.41 bits per heavy atom. The Kier molecular flexibility index (Phi) is 3.75. The molecule has 0 amide bonds. The van der Waals surface area contributed by atoms with Gasteiger partial charge >= 0.3 is 0 Å². The minimum absolute atomic E-state index is 0.499. The zero-order valence-electron chi connectivity index (χ0n) is 9.39. The van der Waals surface area contributed by atoms with Gasteiger partial charge in [0.1, 0.15) is 18.7 Å². The standard InChI is InChI=1S/C12H14N4O/c1-2-7-17-11-6-4-3-5-10(11)8-13-12-14-9-15-16-12/h2-6,9H,1,7-8H2,(H2,13,14,15,16). The van der Waals surface area contributed by atoms with Gasteiger partial charge in [0.2, 0.25) is 5.95 Å². The number of ether oxygens (including phenoxy) is 1. The van der Waals surface area contributed by atoms with Crippen LogP contribution in [0.15, 0.2) is 43.2 Å². The van der Waals surface area contributed by atoms with E-state index in [1.165, 1.54) is 6.33 Å². The van der Waals surface area contributed by atoms with Gasteiger partial charge in [-0.25, -0.2) is 10.1 Å². The summed E-state index contributed by atoms with van der Waals surface area (Å²) >= 11 is 0. The molecule has 0 saturated carbocycles. The molecule has 0 atom stereocenters. The molecular weight excluding hydrogens is 216 g/mol. The lowest BCUT2D eigenvalue weighted by Crippen LogP contribution is -2.04. The second-order valence-corrected chi connectivity index (χ2v) is 3.40. The van der Waals surface area contributed by atoms with E-state index in [0.29, 0.717) is 19.1 Å². The van der Waals surface area contributed by atoms with Crippen molar-refractivity contribution in [1.82, 2.24) is 15.2 Å². The summed E-state index contributed by atoms with van der Waals surface area (Å²) in [6.45, 7) is 4.75. The SMILES string of the molecule is C=CCOc1ccccc1CNc1ncn[nH]1. The lowest BCUT2D eigenvalue weighted by molar-refractivity contribution is 0.359. The predicted molar refractivity (Wildman–Crippen MR) is 65.8 cm³/mol. The van der Waals surface area contributed by atoms with Crippen molar-refractivity contribution in [2.24, 2.45) is 0 Å². The van der Waals surface area contributed by atoms with Crippen LogP contribution in [-0.2, 0) is 6.54 Å². The van der Waals surface area contributed by atoms with Crippen LogP contribution in [0.5, 0.6) is 5.75 Å². The maximum absolute atomic E-state index is 5.55. The highest BCUT2D eigenvalue weighted by Gasteiger charge is 2.02. The molecule has 2 aromatic rings. The van der Waals surface area contributed by atoms with Crippen molar-refractivity contribution in [1.29, 1.82) is 0 Å². The summed E-state index contributed by atoms with van der Waals surface area (Å²) in [7, 11) is 0. The third kappa shape index (κ3) is 3.07. The van der Waals surface area contributed by atoms with E-state index in [2.05, 4.69) is 27.1 Å². The molecule has 0 radical (unpaired) electrons. The summed E-state index contributed by atoms with van der Waals surface area (Å²) in [4.78, 5) is 3.99. The van der Waals surface area contributed by atoms with Crippen LogP contribution >= 0.6 is 0 Å². The fourth-order valence-corrected chi connectivity index (χ4v) is 1.41. The molecule has 88 valence electrons. The average Bonchev–Trinajstić information content (AvgIpc) is 2.88. The number of para-hydroxylation sites is 1. The molecule has 0 fully saturated rings. The number of hydrogen-bond acceptors (Lipinski definition) is 4.